The number of amides is 1. The Labute approximate surface area is 118 Å². The minimum Gasteiger partial charge on any atom is -0.480 e. The van der Waals surface area contributed by atoms with Crippen molar-refractivity contribution < 1.29 is 9.53 Å². The summed E-state index contributed by atoms with van der Waals surface area (Å²) in [5, 5.41) is 2.93. The minimum absolute atomic E-state index is 0.0539. The predicted octanol–water partition coefficient (Wildman–Crippen LogP) is 2.61. The molecule has 2 aromatic rings. The first-order chi connectivity index (χ1) is 9.72. The number of hydrogen-bond acceptors (Lipinski definition) is 2. The molecule has 0 aromatic heterocycles. The van der Waals surface area contributed by atoms with Gasteiger partial charge >= 0.3 is 0 Å². The number of carbonyl (C=O) groups is 1. The summed E-state index contributed by atoms with van der Waals surface area (Å²) in [6, 6.07) is 15.9. The summed E-state index contributed by atoms with van der Waals surface area (Å²) in [4.78, 5) is 12.1. The molecule has 3 nitrogen and oxygen atoms in total. The highest BCUT2D eigenvalue weighted by molar-refractivity contribution is 5.82. The lowest BCUT2D eigenvalue weighted by Gasteiger charge is -2.11. The van der Waals surface area contributed by atoms with Crippen LogP contribution in [0, 0.1) is 6.92 Å². The summed E-state index contributed by atoms with van der Waals surface area (Å²) >= 11 is 0. The van der Waals surface area contributed by atoms with Crippen LogP contribution in [-0.4, -0.2) is 12.0 Å². The molecular formula is C17H17NO2. The number of nitrogens with one attached hydrogen (secondary N) is 1. The van der Waals surface area contributed by atoms with E-state index in [9.17, 15) is 4.79 Å². The largest absolute Gasteiger partial charge is 0.480 e. The standard InChI is InChI=1S/C17H17NO2/c1-12-6-8-13(9-7-12)11-18-17(19)16-10-14-4-2-3-5-15(14)20-16/h2-9,16H,10-11H2,1H3,(H,18,19). The van der Waals surface area contributed by atoms with Gasteiger partial charge in [-0.3, -0.25) is 4.79 Å². The second kappa shape index (κ2) is 5.37. The molecule has 3 heteroatoms. The van der Waals surface area contributed by atoms with Gasteiger partial charge in [-0.05, 0) is 24.1 Å². The molecule has 0 saturated carbocycles. The molecule has 3 rings (SSSR count). The quantitative estimate of drug-likeness (QED) is 0.928. The highest BCUT2D eigenvalue weighted by atomic mass is 16.5. The van der Waals surface area contributed by atoms with Crippen molar-refractivity contribution in [2.45, 2.75) is 26.0 Å². The molecule has 1 aliphatic heterocycles. The molecule has 1 aliphatic rings. The fourth-order valence-corrected chi connectivity index (χ4v) is 2.34. The lowest BCUT2D eigenvalue weighted by molar-refractivity contribution is -0.127. The Bertz CT molecular complexity index is 594. The van der Waals surface area contributed by atoms with Crippen molar-refractivity contribution in [3.63, 3.8) is 0 Å². The van der Waals surface area contributed by atoms with Crippen molar-refractivity contribution >= 4 is 5.91 Å². The molecule has 1 atom stereocenters. The van der Waals surface area contributed by atoms with Gasteiger partial charge in [-0.25, -0.2) is 0 Å². The topological polar surface area (TPSA) is 38.3 Å². The van der Waals surface area contributed by atoms with Gasteiger partial charge in [-0.15, -0.1) is 0 Å². The number of benzene rings is 2. The zero-order chi connectivity index (χ0) is 13.9. The van der Waals surface area contributed by atoms with Crippen LogP contribution in [0.15, 0.2) is 48.5 Å². The Kier molecular flexibility index (Phi) is 3.42. The van der Waals surface area contributed by atoms with E-state index in [1.165, 1.54) is 5.56 Å². The van der Waals surface area contributed by atoms with Crippen LogP contribution in [0.25, 0.3) is 0 Å². The van der Waals surface area contributed by atoms with E-state index in [0.717, 1.165) is 16.9 Å². The SMILES string of the molecule is Cc1ccc(CNC(=O)C2Cc3ccccc3O2)cc1. The summed E-state index contributed by atoms with van der Waals surface area (Å²) < 4.78 is 5.66. The van der Waals surface area contributed by atoms with Crippen molar-refractivity contribution in [2.24, 2.45) is 0 Å². The van der Waals surface area contributed by atoms with Gasteiger partial charge < -0.3 is 10.1 Å². The predicted molar refractivity (Wildman–Crippen MR) is 77.6 cm³/mol. The molecule has 102 valence electrons. The number of rotatable bonds is 3. The van der Waals surface area contributed by atoms with Crippen LogP contribution in [0.1, 0.15) is 16.7 Å². The molecule has 0 fully saturated rings. The second-order valence-electron chi connectivity index (χ2n) is 5.12. The lowest BCUT2D eigenvalue weighted by Crippen LogP contribution is -2.36. The third-order valence-electron chi connectivity index (χ3n) is 3.53. The number of aryl methyl sites for hydroxylation is 1. The average molecular weight is 267 g/mol. The molecule has 0 radical (unpaired) electrons. The van der Waals surface area contributed by atoms with Gasteiger partial charge in [0.15, 0.2) is 6.10 Å². The minimum atomic E-state index is -0.405. The molecule has 1 N–H and O–H groups in total. The first-order valence-corrected chi connectivity index (χ1v) is 6.80. The Morgan fingerprint density at radius 3 is 2.70 bits per heavy atom. The van der Waals surface area contributed by atoms with Gasteiger partial charge in [0.2, 0.25) is 0 Å². The third-order valence-corrected chi connectivity index (χ3v) is 3.53. The first-order valence-electron chi connectivity index (χ1n) is 6.80. The molecule has 20 heavy (non-hydrogen) atoms. The van der Waals surface area contributed by atoms with Crippen LogP contribution in [0.3, 0.4) is 0 Å². The highest BCUT2D eigenvalue weighted by Gasteiger charge is 2.28. The van der Waals surface area contributed by atoms with Gasteiger partial charge in [0.25, 0.3) is 5.91 Å². The van der Waals surface area contributed by atoms with Gasteiger partial charge in [-0.2, -0.15) is 0 Å². The van der Waals surface area contributed by atoms with Crippen LogP contribution in [0.5, 0.6) is 5.75 Å². The summed E-state index contributed by atoms with van der Waals surface area (Å²) in [6.07, 6.45) is 0.244. The molecule has 0 aliphatic carbocycles. The van der Waals surface area contributed by atoms with E-state index in [2.05, 4.69) is 5.32 Å². The Morgan fingerprint density at radius 1 is 1.20 bits per heavy atom. The van der Waals surface area contributed by atoms with E-state index in [0.29, 0.717) is 13.0 Å². The zero-order valence-corrected chi connectivity index (χ0v) is 11.4. The van der Waals surface area contributed by atoms with Crippen molar-refractivity contribution in [1.82, 2.24) is 5.32 Å². The molecule has 1 heterocycles. The van der Waals surface area contributed by atoms with E-state index < -0.39 is 6.10 Å². The van der Waals surface area contributed by atoms with Gasteiger partial charge in [0.1, 0.15) is 5.75 Å². The van der Waals surface area contributed by atoms with Crippen molar-refractivity contribution in [3.05, 3.63) is 65.2 Å². The number of carbonyl (C=O) groups excluding carboxylic acids is 1. The fraction of sp³-hybridized carbons (Fsp3) is 0.235. The van der Waals surface area contributed by atoms with Crippen molar-refractivity contribution in [2.75, 3.05) is 0 Å². The number of hydrogen-bond donors (Lipinski definition) is 1. The van der Waals surface area contributed by atoms with Crippen LogP contribution < -0.4 is 10.1 Å². The van der Waals surface area contributed by atoms with E-state index >= 15 is 0 Å². The van der Waals surface area contributed by atoms with E-state index in [-0.39, 0.29) is 5.91 Å². The first kappa shape index (κ1) is 12.7. The van der Waals surface area contributed by atoms with Crippen LogP contribution in [0.2, 0.25) is 0 Å². The van der Waals surface area contributed by atoms with Gasteiger partial charge in [0.05, 0.1) is 0 Å². The normalized spacial score (nSPS) is 16.4. The molecule has 1 amide bonds. The van der Waals surface area contributed by atoms with Crippen molar-refractivity contribution in [1.29, 1.82) is 0 Å². The molecule has 0 saturated heterocycles. The fourth-order valence-electron chi connectivity index (χ4n) is 2.34. The summed E-state index contributed by atoms with van der Waals surface area (Å²) in [6.45, 7) is 2.58. The maximum Gasteiger partial charge on any atom is 0.261 e. The Morgan fingerprint density at radius 2 is 1.95 bits per heavy atom. The number of fused-ring (bicyclic) bond motifs is 1. The number of para-hydroxylation sites is 1. The van der Waals surface area contributed by atoms with Crippen LogP contribution in [0.4, 0.5) is 0 Å². The number of ether oxygens (including phenoxy) is 1. The van der Waals surface area contributed by atoms with E-state index in [1.807, 2.05) is 55.5 Å². The lowest BCUT2D eigenvalue weighted by atomic mass is 10.1. The maximum atomic E-state index is 12.1. The summed E-state index contributed by atoms with van der Waals surface area (Å²) in [7, 11) is 0. The second-order valence-corrected chi connectivity index (χ2v) is 5.12. The summed E-state index contributed by atoms with van der Waals surface area (Å²) in [5.74, 6) is 0.768. The Balaban J connectivity index is 1.57. The van der Waals surface area contributed by atoms with Gasteiger partial charge in [0, 0.05) is 13.0 Å². The highest BCUT2D eigenvalue weighted by Crippen LogP contribution is 2.28. The monoisotopic (exact) mass is 267 g/mol. The van der Waals surface area contributed by atoms with E-state index in [4.69, 9.17) is 4.74 Å². The van der Waals surface area contributed by atoms with Gasteiger partial charge in [-0.1, -0.05) is 48.0 Å². The molecule has 2 aromatic carbocycles. The average Bonchev–Trinajstić information content (AvgIpc) is 2.90. The molecule has 0 bridgehead atoms. The maximum absolute atomic E-state index is 12.1. The summed E-state index contributed by atoms with van der Waals surface area (Å²) in [5.41, 5.74) is 3.41. The molecular weight excluding hydrogens is 250 g/mol. The zero-order valence-electron chi connectivity index (χ0n) is 11.4. The van der Waals surface area contributed by atoms with Crippen LogP contribution in [-0.2, 0) is 17.8 Å². The third kappa shape index (κ3) is 2.67. The van der Waals surface area contributed by atoms with Crippen LogP contribution >= 0.6 is 0 Å². The molecule has 0 spiro atoms. The Hall–Kier alpha value is -2.29. The van der Waals surface area contributed by atoms with Crippen molar-refractivity contribution in [3.8, 4) is 5.75 Å². The molecule has 1 unspecified atom stereocenters. The van der Waals surface area contributed by atoms with E-state index in [1.54, 1.807) is 0 Å². The smallest absolute Gasteiger partial charge is 0.261 e.